The number of rotatable bonds is 5. The van der Waals surface area contributed by atoms with Gasteiger partial charge in [-0.1, -0.05) is 17.8 Å². The lowest BCUT2D eigenvalue weighted by atomic mass is 10.1. The van der Waals surface area contributed by atoms with E-state index in [4.69, 9.17) is 0 Å². The Morgan fingerprint density at radius 3 is 3.12 bits per heavy atom. The van der Waals surface area contributed by atoms with Crippen molar-refractivity contribution in [2.24, 2.45) is 10.9 Å². The number of hydrogen-bond donors (Lipinski definition) is 1. The summed E-state index contributed by atoms with van der Waals surface area (Å²) in [5.74, 6) is 0.608. The summed E-state index contributed by atoms with van der Waals surface area (Å²) in [5.41, 5.74) is 3.06. The van der Waals surface area contributed by atoms with Gasteiger partial charge in [0, 0.05) is 24.5 Å². The fraction of sp³-hybridized carbons (Fsp3) is 0.500. The number of aryl methyl sites for hydroxylation is 1. The highest BCUT2D eigenvalue weighted by molar-refractivity contribution is 8.16. The summed E-state index contributed by atoms with van der Waals surface area (Å²) in [7, 11) is 0. The molecule has 0 radical (unpaired) electrons. The Labute approximate surface area is 146 Å². The van der Waals surface area contributed by atoms with Crippen molar-refractivity contribution in [3.8, 4) is 0 Å². The third-order valence-electron chi connectivity index (χ3n) is 4.64. The van der Waals surface area contributed by atoms with Crippen molar-refractivity contribution >= 4 is 22.8 Å². The maximum absolute atomic E-state index is 12.6. The van der Waals surface area contributed by atoms with Gasteiger partial charge in [-0.25, -0.2) is 0 Å². The molecule has 1 aromatic heterocycles. The van der Waals surface area contributed by atoms with Gasteiger partial charge in [0.15, 0.2) is 5.17 Å². The van der Waals surface area contributed by atoms with Gasteiger partial charge < -0.3 is 10.2 Å². The first kappa shape index (κ1) is 15.7. The molecule has 4 rings (SSSR count). The number of aliphatic imine (C=N–C) groups is 1. The highest BCUT2D eigenvalue weighted by Crippen LogP contribution is 2.40. The molecule has 0 aromatic carbocycles. The van der Waals surface area contributed by atoms with Crippen molar-refractivity contribution in [3.63, 3.8) is 0 Å². The Bertz CT molecular complexity index is 711. The number of carbonyl (C=O) groups excluding carboxylic acids is 1. The lowest BCUT2D eigenvalue weighted by molar-refractivity contribution is -0.121. The summed E-state index contributed by atoms with van der Waals surface area (Å²) in [6.45, 7) is 3.86. The van der Waals surface area contributed by atoms with Crippen molar-refractivity contribution < 1.29 is 4.79 Å². The molecule has 1 aliphatic carbocycles. The lowest BCUT2D eigenvalue weighted by Crippen LogP contribution is -2.34. The summed E-state index contributed by atoms with van der Waals surface area (Å²) in [4.78, 5) is 23.9. The lowest BCUT2D eigenvalue weighted by Gasteiger charge is -2.25. The summed E-state index contributed by atoms with van der Waals surface area (Å²) in [5, 5.41) is 6.34. The molecule has 1 amide bonds. The van der Waals surface area contributed by atoms with Gasteiger partial charge in [-0.2, -0.15) is 0 Å². The van der Waals surface area contributed by atoms with Gasteiger partial charge in [0.05, 0.1) is 18.2 Å². The van der Waals surface area contributed by atoms with Gasteiger partial charge in [0.1, 0.15) is 0 Å². The molecule has 3 aliphatic rings. The minimum Gasteiger partial charge on any atom is -0.347 e. The number of thioether (sulfide) groups is 1. The van der Waals surface area contributed by atoms with E-state index in [0.29, 0.717) is 12.3 Å². The van der Waals surface area contributed by atoms with E-state index >= 15 is 0 Å². The predicted molar refractivity (Wildman–Crippen MR) is 96.5 cm³/mol. The molecule has 126 valence electrons. The Kier molecular flexibility index (Phi) is 4.31. The molecular formula is C18H22N4OS. The molecule has 0 saturated heterocycles. The van der Waals surface area contributed by atoms with Crippen LogP contribution < -0.4 is 5.32 Å². The maximum Gasteiger partial charge on any atom is 0.226 e. The third kappa shape index (κ3) is 3.34. The molecule has 24 heavy (non-hydrogen) atoms. The van der Waals surface area contributed by atoms with E-state index in [1.807, 2.05) is 25.1 Å². The number of carbonyl (C=O) groups is 1. The molecule has 5 nitrogen and oxygen atoms in total. The Hall–Kier alpha value is -1.82. The number of fused-ring (bicyclic) bond motifs is 1. The molecule has 0 unspecified atom stereocenters. The van der Waals surface area contributed by atoms with E-state index in [0.717, 1.165) is 41.8 Å². The van der Waals surface area contributed by atoms with E-state index in [9.17, 15) is 4.79 Å². The largest absolute Gasteiger partial charge is 0.347 e. The van der Waals surface area contributed by atoms with Gasteiger partial charge >= 0.3 is 0 Å². The van der Waals surface area contributed by atoms with Crippen molar-refractivity contribution in [2.75, 3.05) is 13.1 Å². The molecule has 1 saturated carbocycles. The van der Waals surface area contributed by atoms with Crippen molar-refractivity contribution in [1.82, 2.24) is 15.2 Å². The second-order valence-corrected chi connectivity index (χ2v) is 7.50. The first-order chi connectivity index (χ1) is 11.7. The van der Waals surface area contributed by atoms with Crippen LogP contribution in [0.25, 0.3) is 0 Å². The van der Waals surface area contributed by atoms with Gasteiger partial charge in [0.25, 0.3) is 0 Å². The minimum atomic E-state index is 0.0431. The van der Waals surface area contributed by atoms with Crippen LogP contribution in [0.1, 0.15) is 43.1 Å². The SMILES string of the molecule is Cc1cccc([C@@H](NC(=O)CC2=CSC3=NCCCN23)C2CC2)n1. The van der Waals surface area contributed by atoms with E-state index in [1.54, 1.807) is 11.8 Å². The molecule has 1 atom stereocenters. The molecule has 6 heteroatoms. The van der Waals surface area contributed by atoms with Crippen LogP contribution in [0, 0.1) is 12.8 Å². The standard InChI is InChI=1S/C18H22N4OS/c1-12-4-2-5-15(20-12)17(13-6-7-13)21-16(23)10-14-11-24-18-19-8-3-9-22(14)18/h2,4-5,11,13,17H,3,6-10H2,1H3,(H,21,23)/t17-/m0/s1. The zero-order valence-electron chi connectivity index (χ0n) is 13.9. The average Bonchev–Trinajstić information content (AvgIpc) is 3.35. The number of hydrogen-bond acceptors (Lipinski definition) is 5. The van der Waals surface area contributed by atoms with Crippen LogP contribution in [0.2, 0.25) is 0 Å². The average molecular weight is 342 g/mol. The molecule has 0 bridgehead atoms. The van der Waals surface area contributed by atoms with E-state index in [-0.39, 0.29) is 11.9 Å². The van der Waals surface area contributed by atoms with Crippen LogP contribution in [-0.4, -0.2) is 34.0 Å². The second kappa shape index (κ2) is 6.59. The van der Waals surface area contributed by atoms with Crippen LogP contribution in [0.3, 0.4) is 0 Å². The predicted octanol–water partition coefficient (Wildman–Crippen LogP) is 3.00. The van der Waals surface area contributed by atoms with E-state index < -0.39 is 0 Å². The molecule has 2 aliphatic heterocycles. The van der Waals surface area contributed by atoms with Crippen LogP contribution >= 0.6 is 11.8 Å². The van der Waals surface area contributed by atoms with Gasteiger partial charge in [0.2, 0.25) is 5.91 Å². The summed E-state index contributed by atoms with van der Waals surface area (Å²) in [6, 6.07) is 6.08. The van der Waals surface area contributed by atoms with Gasteiger partial charge in [-0.3, -0.25) is 14.8 Å². The monoisotopic (exact) mass is 342 g/mol. The van der Waals surface area contributed by atoms with Crippen LogP contribution in [0.5, 0.6) is 0 Å². The Morgan fingerprint density at radius 2 is 2.33 bits per heavy atom. The molecule has 1 N–H and O–H groups in total. The molecule has 3 heterocycles. The number of pyridine rings is 1. The maximum atomic E-state index is 12.6. The highest BCUT2D eigenvalue weighted by Gasteiger charge is 2.35. The summed E-state index contributed by atoms with van der Waals surface area (Å²) < 4.78 is 0. The Morgan fingerprint density at radius 1 is 1.46 bits per heavy atom. The second-order valence-electron chi connectivity index (χ2n) is 6.66. The topological polar surface area (TPSA) is 57.6 Å². The molecular weight excluding hydrogens is 320 g/mol. The van der Waals surface area contributed by atoms with Crippen LogP contribution in [-0.2, 0) is 4.79 Å². The van der Waals surface area contributed by atoms with E-state index in [2.05, 4.69) is 25.6 Å². The van der Waals surface area contributed by atoms with Gasteiger partial charge in [-0.05, 0) is 49.6 Å². The fourth-order valence-corrected chi connectivity index (χ4v) is 4.22. The van der Waals surface area contributed by atoms with Crippen molar-refractivity contribution in [2.45, 2.75) is 38.6 Å². The van der Waals surface area contributed by atoms with E-state index in [1.165, 1.54) is 12.8 Å². The number of nitrogens with one attached hydrogen (secondary N) is 1. The zero-order chi connectivity index (χ0) is 16.5. The molecule has 0 spiro atoms. The number of aromatic nitrogens is 1. The van der Waals surface area contributed by atoms with Gasteiger partial charge in [-0.15, -0.1) is 0 Å². The Balaban J connectivity index is 1.43. The van der Waals surface area contributed by atoms with Crippen molar-refractivity contribution in [3.05, 3.63) is 40.7 Å². The number of nitrogens with zero attached hydrogens (tertiary/aromatic N) is 3. The number of amides is 1. The third-order valence-corrected chi connectivity index (χ3v) is 5.60. The summed E-state index contributed by atoms with van der Waals surface area (Å²) in [6.07, 6.45) is 3.81. The summed E-state index contributed by atoms with van der Waals surface area (Å²) >= 11 is 1.63. The zero-order valence-corrected chi connectivity index (χ0v) is 14.7. The smallest absolute Gasteiger partial charge is 0.226 e. The van der Waals surface area contributed by atoms with Crippen LogP contribution in [0.15, 0.2) is 34.3 Å². The minimum absolute atomic E-state index is 0.0431. The first-order valence-electron chi connectivity index (χ1n) is 8.61. The molecule has 1 aromatic rings. The fourth-order valence-electron chi connectivity index (χ4n) is 3.26. The highest BCUT2D eigenvalue weighted by atomic mass is 32.2. The normalized spacial score (nSPS) is 21.0. The first-order valence-corrected chi connectivity index (χ1v) is 9.49. The van der Waals surface area contributed by atoms with Crippen molar-refractivity contribution in [1.29, 1.82) is 0 Å². The molecule has 1 fully saturated rings. The number of amidine groups is 1. The van der Waals surface area contributed by atoms with Crippen LogP contribution in [0.4, 0.5) is 0 Å². The quantitative estimate of drug-likeness (QED) is 0.894.